The molecule has 0 atom stereocenters. The molecule has 9 heavy (non-hydrogen) atoms. The van der Waals surface area contributed by atoms with Gasteiger partial charge in [0.15, 0.2) is 0 Å². The van der Waals surface area contributed by atoms with Gasteiger partial charge in [0.2, 0.25) is 0 Å². The van der Waals surface area contributed by atoms with Crippen LogP contribution in [-0.4, -0.2) is 5.97 Å². The topological polar surface area (TPSA) is 26.3 Å². The van der Waals surface area contributed by atoms with Crippen LogP contribution in [0.3, 0.4) is 0 Å². The van der Waals surface area contributed by atoms with Crippen molar-refractivity contribution in [1.29, 1.82) is 0 Å². The number of carbonyl (C=O) groups excluding carboxylic acids is 1. The minimum Gasteiger partial charge on any atom is -0.455 e. The minimum absolute atomic E-state index is 0.306. The van der Waals surface area contributed by atoms with Gasteiger partial charge in [0.05, 0.1) is 0 Å². The average Bonchev–Trinajstić information content (AvgIpc) is 1.85. The molecule has 51 valence electrons. The number of allylic oxidation sites excluding steroid dienone is 1. The van der Waals surface area contributed by atoms with Crippen LogP contribution < -0.4 is 0 Å². The highest BCUT2D eigenvalue weighted by Gasteiger charge is 1.91. The van der Waals surface area contributed by atoms with E-state index >= 15 is 0 Å². The van der Waals surface area contributed by atoms with Crippen LogP contribution in [-0.2, 0) is 9.53 Å². The number of ether oxygens (including phenoxy) is 1. The normalized spacial score (nSPS) is 10.0. The van der Waals surface area contributed by atoms with E-state index < -0.39 is 0 Å². The van der Waals surface area contributed by atoms with Gasteiger partial charge in [0.25, 0.3) is 0 Å². The molecule has 1 radical (unpaired) electrons. The average molecular weight is 127 g/mol. The fourth-order valence-corrected chi connectivity index (χ4v) is 0.341. The molecule has 0 amide bonds. The molecule has 0 aliphatic rings. The van der Waals surface area contributed by atoms with Gasteiger partial charge in [-0.1, -0.05) is 13.0 Å². The quantitative estimate of drug-likeness (QED) is 0.426. The summed E-state index contributed by atoms with van der Waals surface area (Å²) in [6.45, 7) is 5.15. The molecule has 0 aromatic heterocycles. The van der Waals surface area contributed by atoms with Gasteiger partial charge in [-0.3, -0.25) is 0 Å². The second-order valence-electron chi connectivity index (χ2n) is 1.51. The molecule has 0 aliphatic heterocycles. The Morgan fingerprint density at radius 3 is 2.78 bits per heavy atom. The van der Waals surface area contributed by atoms with E-state index in [-0.39, 0.29) is 5.97 Å². The van der Waals surface area contributed by atoms with Gasteiger partial charge in [0, 0.05) is 6.08 Å². The van der Waals surface area contributed by atoms with Crippen molar-refractivity contribution in [2.24, 2.45) is 0 Å². The molecule has 0 fully saturated rings. The molecule has 2 nitrogen and oxygen atoms in total. The van der Waals surface area contributed by atoms with Crippen LogP contribution >= 0.6 is 0 Å². The molecule has 0 N–H and O–H groups in total. The van der Waals surface area contributed by atoms with Crippen molar-refractivity contribution in [3.8, 4) is 0 Å². The van der Waals surface area contributed by atoms with Gasteiger partial charge >= 0.3 is 5.97 Å². The summed E-state index contributed by atoms with van der Waals surface area (Å²) < 4.78 is 4.58. The van der Waals surface area contributed by atoms with E-state index in [1.807, 2.05) is 6.92 Å². The standard InChI is InChI=1S/C7H11O2/c1-3-5-7(8)9-6-4-2/h3,5-6H,4H2,1-2H3/b5-3-. The molecule has 0 rings (SSSR count). The van der Waals surface area contributed by atoms with E-state index in [0.29, 0.717) is 0 Å². The summed E-state index contributed by atoms with van der Waals surface area (Å²) >= 11 is 0. The maximum Gasteiger partial charge on any atom is 0.330 e. The van der Waals surface area contributed by atoms with Crippen LogP contribution in [0.1, 0.15) is 20.3 Å². The summed E-state index contributed by atoms with van der Waals surface area (Å²) in [5, 5.41) is 0. The second-order valence-corrected chi connectivity index (χ2v) is 1.51. The van der Waals surface area contributed by atoms with E-state index in [2.05, 4.69) is 4.74 Å². The van der Waals surface area contributed by atoms with Crippen molar-refractivity contribution in [2.75, 3.05) is 0 Å². The van der Waals surface area contributed by atoms with Gasteiger partial charge in [-0.2, -0.15) is 0 Å². The van der Waals surface area contributed by atoms with Crippen LogP contribution in [0, 0.1) is 6.61 Å². The second kappa shape index (κ2) is 5.35. The summed E-state index contributed by atoms with van der Waals surface area (Å²) in [6.07, 6.45) is 3.78. The molecule has 2 heteroatoms. The maximum atomic E-state index is 10.5. The van der Waals surface area contributed by atoms with Gasteiger partial charge < -0.3 is 4.74 Å². The molecule has 0 aromatic rings. The monoisotopic (exact) mass is 127 g/mol. The first kappa shape index (κ1) is 8.21. The lowest BCUT2D eigenvalue weighted by Gasteiger charge is -1.94. The predicted octanol–water partition coefficient (Wildman–Crippen LogP) is 1.68. The van der Waals surface area contributed by atoms with Crippen molar-refractivity contribution >= 4 is 5.97 Å². The van der Waals surface area contributed by atoms with Gasteiger partial charge in [-0.25, -0.2) is 4.79 Å². The fraction of sp³-hybridized carbons (Fsp3) is 0.429. The van der Waals surface area contributed by atoms with Crippen molar-refractivity contribution in [3.63, 3.8) is 0 Å². The van der Waals surface area contributed by atoms with Gasteiger partial charge in [-0.05, 0) is 13.3 Å². The van der Waals surface area contributed by atoms with Crippen LogP contribution in [0.4, 0.5) is 0 Å². The smallest absolute Gasteiger partial charge is 0.330 e. The Kier molecular flexibility index (Phi) is 4.88. The minimum atomic E-state index is -0.306. The van der Waals surface area contributed by atoms with E-state index in [1.54, 1.807) is 13.0 Å². The third-order valence-corrected chi connectivity index (χ3v) is 0.669. The number of hydrogen-bond donors (Lipinski definition) is 0. The highest BCUT2D eigenvalue weighted by molar-refractivity contribution is 5.82. The summed E-state index contributed by atoms with van der Waals surface area (Å²) in [5.41, 5.74) is 0. The Morgan fingerprint density at radius 2 is 2.33 bits per heavy atom. The molecule has 0 aromatic carbocycles. The number of hydrogen-bond acceptors (Lipinski definition) is 2. The zero-order valence-corrected chi connectivity index (χ0v) is 5.76. The van der Waals surface area contributed by atoms with E-state index in [1.165, 1.54) is 12.7 Å². The Morgan fingerprint density at radius 1 is 1.67 bits per heavy atom. The lowest BCUT2D eigenvalue weighted by atomic mass is 10.5. The summed E-state index contributed by atoms with van der Waals surface area (Å²) in [7, 11) is 0. The zero-order chi connectivity index (χ0) is 7.11. The molecule has 0 bridgehead atoms. The summed E-state index contributed by atoms with van der Waals surface area (Å²) in [6, 6.07) is 0. The Bertz CT molecular complexity index is 105. The fourth-order valence-electron chi connectivity index (χ4n) is 0.341. The third-order valence-electron chi connectivity index (χ3n) is 0.669. The molecule has 0 unspecified atom stereocenters. The lowest BCUT2D eigenvalue weighted by Crippen LogP contribution is -1.95. The van der Waals surface area contributed by atoms with Crippen molar-refractivity contribution in [1.82, 2.24) is 0 Å². The number of esters is 1. The zero-order valence-electron chi connectivity index (χ0n) is 5.76. The number of carbonyl (C=O) groups is 1. The first-order valence-electron chi connectivity index (χ1n) is 2.96. The molecular weight excluding hydrogens is 116 g/mol. The Labute approximate surface area is 55.5 Å². The molecule has 0 aliphatic carbocycles. The first-order valence-corrected chi connectivity index (χ1v) is 2.96. The molecule has 0 heterocycles. The Hall–Kier alpha value is -0.790. The third kappa shape index (κ3) is 5.07. The molecule has 0 saturated heterocycles. The largest absolute Gasteiger partial charge is 0.455 e. The first-order chi connectivity index (χ1) is 4.31. The van der Waals surface area contributed by atoms with Crippen molar-refractivity contribution < 1.29 is 9.53 Å². The van der Waals surface area contributed by atoms with E-state index in [0.717, 1.165) is 6.42 Å². The maximum absolute atomic E-state index is 10.5. The predicted molar refractivity (Wildman–Crippen MR) is 35.5 cm³/mol. The van der Waals surface area contributed by atoms with Crippen molar-refractivity contribution in [3.05, 3.63) is 18.8 Å². The Balaban J connectivity index is 3.27. The highest BCUT2D eigenvalue weighted by Crippen LogP contribution is 1.88. The van der Waals surface area contributed by atoms with Gasteiger partial charge in [-0.15, -0.1) is 0 Å². The summed E-state index contributed by atoms with van der Waals surface area (Å²) in [5.74, 6) is -0.306. The number of rotatable bonds is 3. The molecule has 0 spiro atoms. The SMILES string of the molecule is C/C=C\C(=O)O[CH]CC. The summed E-state index contributed by atoms with van der Waals surface area (Å²) in [4.78, 5) is 10.5. The van der Waals surface area contributed by atoms with E-state index in [4.69, 9.17) is 0 Å². The van der Waals surface area contributed by atoms with Crippen LogP contribution in [0.25, 0.3) is 0 Å². The van der Waals surface area contributed by atoms with Crippen LogP contribution in [0.5, 0.6) is 0 Å². The lowest BCUT2D eigenvalue weighted by molar-refractivity contribution is -0.134. The van der Waals surface area contributed by atoms with Crippen LogP contribution in [0.15, 0.2) is 12.2 Å². The van der Waals surface area contributed by atoms with E-state index in [9.17, 15) is 4.79 Å². The van der Waals surface area contributed by atoms with Gasteiger partial charge in [0.1, 0.15) is 6.61 Å². The van der Waals surface area contributed by atoms with Crippen molar-refractivity contribution in [2.45, 2.75) is 20.3 Å². The molecular formula is C7H11O2. The highest BCUT2D eigenvalue weighted by atomic mass is 16.5. The molecule has 0 saturated carbocycles. The van der Waals surface area contributed by atoms with Crippen LogP contribution in [0.2, 0.25) is 0 Å².